The number of hydrogen-bond acceptors (Lipinski definition) is 0. The van der Waals surface area contributed by atoms with Gasteiger partial charge in [0.2, 0.25) is 0 Å². The molecule has 0 aliphatic heterocycles. The summed E-state index contributed by atoms with van der Waals surface area (Å²) in [5, 5.41) is 0. The van der Waals surface area contributed by atoms with E-state index in [1.54, 1.807) is 0 Å². The van der Waals surface area contributed by atoms with Crippen molar-refractivity contribution >= 4 is 28.6 Å². The zero-order valence-electron chi connectivity index (χ0n) is 16.6. The van der Waals surface area contributed by atoms with E-state index >= 15 is 0 Å². The van der Waals surface area contributed by atoms with Gasteiger partial charge in [-0.15, -0.1) is 0 Å². The fourth-order valence-electron chi connectivity index (χ4n) is 3.58. The van der Waals surface area contributed by atoms with Crippen molar-refractivity contribution in [1.82, 2.24) is 0 Å². The molecule has 0 saturated heterocycles. The van der Waals surface area contributed by atoms with Crippen LogP contribution in [0.25, 0.3) is 22.3 Å². The van der Waals surface area contributed by atoms with Crippen LogP contribution in [0.5, 0.6) is 0 Å². The maximum absolute atomic E-state index is 2.44. The molecule has 4 aromatic carbocycles. The van der Waals surface area contributed by atoms with E-state index in [0.717, 1.165) is 0 Å². The van der Waals surface area contributed by atoms with Crippen molar-refractivity contribution in [3.05, 3.63) is 108 Å². The molecule has 0 saturated carbocycles. The summed E-state index contributed by atoms with van der Waals surface area (Å²) >= 11 is -0.608. The van der Waals surface area contributed by atoms with Crippen LogP contribution in [0, 0.1) is 20.8 Å². The molecule has 0 nitrogen and oxygen atoms in total. The summed E-state index contributed by atoms with van der Waals surface area (Å²) in [6.07, 6.45) is 0. The maximum atomic E-state index is 2.44. The van der Waals surface area contributed by atoms with Crippen LogP contribution in [0.15, 0.2) is 91.0 Å². The topological polar surface area (TPSA) is 0 Å². The molecule has 0 N–H and O–H groups in total. The molecular weight excluding hydrogens is 446 g/mol. The minimum absolute atomic E-state index is 0.608. The van der Waals surface area contributed by atoms with Gasteiger partial charge in [-0.2, -0.15) is 0 Å². The zero-order valence-corrected chi connectivity index (χ0v) is 19.2. The first-order valence-electron chi connectivity index (χ1n) is 9.66. The monoisotopic (exact) mass is 469 g/mol. The Labute approximate surface area is 178 Å². The van der Waals surface area contributed by atoms with Gasteiger partial charge in [0, 0.05) is 0 Å². The molecule has 0 aromatic heterocycles. The summed E-state index contributed by atoms with van der Waals surface area (Å²) in [6, 6.07) is 33.7. The van der Waals surface area contributed by atoms with Crippen LogP contribution >= 0.6 is 0 Å². The van der Waals surface area contributed by atoms with Gasteiger partial charge in [0.15, 0.2) is 0 Å². The summed E-state index contributed by atoms with van der Waals surface area (Å²) < 4.78 is 3.00. The van der Waals surface area contributed by atoms with Crippen molar-refractivity contribution in [2.45, 2.75) is 20.8 Å². The molecule has 0 amide bonds. The minimum atomic E-state index is -0.608. The Morgan fingerprint density at radius 3 is 1.86 bits per heavy atom. The quantitative estimate of drug-likeness (QED) is 0.341. The van der Waals surface area contributed by atoms with Crippen molar-refractivity contribution in [1.29, 1.82) is 0 Å². The van der Waals surface area contributed by atoms with E-state index in [2.05, 4.69) is 112 Å². The van der Waals surface area contributed by atoms with Gasteiger partial charge in [0.05, 0.1) is 0 Å². The molecule has 0 spiro atoms. The van der Waals surface area contributed by atoms with Gasteiger partial charge in [0.1, 0.15) is 0 Å². The van der Waals surface area contributed by atoms with E-state index in [1.807, 2.05) is 0 Å². The summed E-state index contributed by atoms with van der Waals surface area (Å²) in [4.78, 5) is 0. The first-order valence-corrected chi connectivity index (χ1v) is 12.2. The van der Waals surface area contributed by atoms with Crippen LogP contribution in [0.4, 0.5) is 0 Å². The van der Waals surface area contributed by atoms with Crippen LogP contribution in [-0.4, -0.2) is 21.6 Å². The molecule has 4 aromatic rings. The Balaban J connectivity index is 1.82. The SMILES string of the molecule is Cc1cc[c]([Sb][c]2ccc(-c3ccccc3)c(-c3ccc(C)cc3C)c2)cc1. The average molecular weight is 470 g/mol. The van der Waals surface area contributed by atoms with Gasteiger partial charge in [-0.3, -0.25) is 0 Å². The van der Waals surface area contributed by atoms with Gasteiger partial charge in [-0.25, -0.2) is 0 Å². The van der Waals surface area contributed by atoms with Crippen molar-refractivity contribution in [3.63, 3.8) is 0 Å². The van der Waals surface area contributed by atoms with E-state index in [4.69, 9.17) is 0 Å². The van der Waals surface area contributed by atoms with Crippen LogP contribution in [0.2, 0.25) is 0 Å². The molecule has 1 radical (unpaired) electrons. The van der Waals surface area contributed by atoms with E-state index in [9.17, 15) is 0 Å². The molecule has 0 heterocycles. The van der Waals surface area contributed by atoms with E-state index in [-0.39, 0.29) is 0 Å². The summed E-state index contributed by atoms with van der Waals surface area (Å²) in [5.74, 6) is 0. The molecule has 1 heteroatoms. The molecule has 28 heavy (non-hydrogen) atoms. The van der Waals surface area contributed by atoms with Gasteiger partial charge >= 0.3 is 179 Å². The van der Waals surface area contributed by atoms with Crippen LogP contribution in [0.3, 0.4) is 0 Å². The molecular formula is C27H24Sb. The van der Waals surface area contributed by atoms with Crippen molar-refractivity contribution < 1.29 is 0 Å². The molecule has 0 aliphatic rings. The molecule has 0 atom stereocenters. The van der Waals surface area contributed by atoms with E-state index < -0.39 is 21.6 Å². The molecule has 0 aliphatic carbocycles. The van der Waals surface area contributed by atoms with Gasteiger partial charge in [-0.1, -0.05) is 0 Å². The third kappa shape index (κ3) is 4.23. The molecule has 0 bridgehead atoms. The Bertz CT molecular complexity index is 1090. The van der Waals surface area contributed by atoms with Crippen molar-refractivity contribution in [3.8, 4) is 22.3 Å². The van der Waals surface area contributed by atoms with Crippen LogP contribution in [-0.2, 0) is 0 Å². The zero-order chi connectivity index (χ0) is 19.5. The molecule has 0 fully saturated rings. The van der Waals surface area contributed by atoms with Gasteiger partial charge in [0.25, 0.3) is 0 Å². The number of hydrogen-bond donors (Lipinski definition) is 0. The molecule has 137 valence electrons. The predicted octanol–water partition coefficient (Wildman–Crippen LogP) is 5.60. The summed E-state index contributed by atoms with van der Waals surface area (Å²) in [6.45, 7) is 6.54. The standard InChI is InChI=1S/C20H17.C7H7.Sb/c1-15-12-13-18(16(2)14-15)20-11-7-6-10-19(20)17-8-4-3-5-9-17;1-7-5-3-2-4-6-7;/h3-6,8-14H,1-2H3;3-6H,1H3;. The van der Waals surface area contributed by atoms with Crippen LogP contribution in [0.1, 0.15) is 16.7 Å². The van der Waals surface area contributed by atoms with Crippen molar-refractivity contribution in [2.75, 3.05) is 0 Å². The summed E-state index contributed by atoms with van der Waals surface area (Å²) in [5.41, 5.74) is 9.27. The first-order chi connectivity index (χ1) is 13.6. The fraction of sp³-hybridized carbons (Fsp3) is 0.111. The third-order valence-electron chi connectivity index (χ3n) is 5.05. The Kier molecular flexibility index (Phi) is 5.69. The first kappa shape index (κ1) is 19.0. The van der Waals surface area contributed by atoms with Gasteiger partial charge in [-0.05, 0) is 0 Å². The molecule has 0 unspecified atom stereocenters. The average Bonchev–Trinajstić information content (AvgIpc) is 2.70. The van der Waals surface area contributed by atoms with E-state index in [1.165, 1.54) is 46.0 Å². The number of benzene rings is 4. The third-order valence-corrected chi connectivity index (χ3v) is 8.17. The second-order valence-electron chi connectivity index (χ2n) is 7.36. The molecule has 4 rings (SSSR count). The number of aryl methyl sites for hydroxylation is 3. The van der Waals surface area contributed by atoms with E-state index in [0.29, 0.717) is 0 Å². The summed E-state index contributed by atoms with van der Waals surface area (Å²) in [7, 11) is 0. The van der Waals surface area contributed by atoms with Gasteiger partial charge < -0.3 is 0 Å². The fourth-order valence-corrected chi connectivity index (χ4v) is 6.26. The van der Waals surface area contributed by atoms with Crippen molar-refractivity contribution in [2.24, 2.45) is 0 Å². The predicted molar refractivity (Wildman–Crippen MR) is 123 cm³/mol. The Morgan fingerprint density at radius 1 is 0.500 bits per heavy atom. The normalized spacial score (nSPS) is 10.8. The number of rotatable bonds is 4. The Hall–Kier alpha value is -2.30. The Morgan fingerprint density at radius 2 is 1.14 bits per heavy atom. The second kappa shape index (κ2) is 8.37. The van der Waals surface area contributed by atoms with Crippen LogP contribution < -0.4 is 7.02 Å². The second-order valence-corrected chi connectivity index (χ2v) is 10.9.